The van der Waals surface area contributed by atoms with Crippen LogP contribution in [0.2, 0.25) is 0 Å². The molecule has 4 aromatic rings. The van der Waals surface area contributed by atoms with Gasteiger partial charge in [-0.15, -0.1) is 11.3 Å². The highest BCUT2D eigenvalue weighted by atomic mass is 32.2. The van der Waals surface area contributed by atoms with Crippen LogP contribution in [0, 0.1) is 5.82 Å². The van der Waals surface area contributed by atoms with E-state index in [1.807, 2.05) is 40.4 Å². The van der Waals surface area contributed by atoms with Crippen LogP contribution in [0.3, 0.4) is 0 Å². The van der Waals surface area contributed by atoms with Gasteiger partial charge in [0, 0.05) is 36.5 Å². The van der Waals surface area contributed by atoms with E-state index in [-0.39, 0.29) is 11.6 Å². The highest BCUT2D eigenvalue weighted by molar-refractivity contribution is 7.98. The van der Waals surface area contributed by atoms with Crippen LogP contribution >= 0.6 is 23.1 Å². The number of benzene rings is 2. The van der Waals surface area contributed by atoms with Gasteiger partial charge in [-0.2, -0.15) is 0 Å². The number of para-hydroxylation sites is 1. The number of thiazole rings is 1. The van der Waals surface area contributed by atoms with Gasteiger partial charge in [0.1, 0.15) is 11.6 Å². The number of amides is 1. The van der Waals surface area contributed by atoms with Crippen molar-refractivity contribution in [3.8, 4) is 11.4 Å². The van der Waals surface area contributed by atoms with E-state index in [9.17, 15) is 9.18 Å². The summed E-state index contributed by atoms with van der Waals surface area (Å²) < 4.78 is 21.5. The number of methoxy groups -OCH3 is 1. The van der Waals surface area contributed by atoms with Crippen LogP contribution in [0.5, 0.6) is 5.75 Å². The van der Waals surface area contributed by atoms with Crippen LogP contribution in [0.1, 0.15) is 12.6 Å². The number of carbonyl (C=O) groups is 1. The van der Waals surface area contributed by atoms with Crippen molar-refractivity contribution in [1.82, 2.24) is 14.5 Å². The first-order chi connectivity index (χ1) is 15.1. The number of hydrogen-bond donors (Lipinski definition) is 0. The van der Waals surface area contributed by atoms with Gasteiger partial charge in [0.25, 0.3) is 0 Å². The van der Waals surface area contributed by atoms with Crippen LogP contribution in [-0.2, 0) is 10.5 Å². The fourth-order valence-electron chi connectivity index (χ4n) is 3.00. The second-order valence-electron chi connectivity index (χ2n) is 6.50. The number of thioether (sulfide) groups is 1. The standard InChI is InChI=1S/C22H19FN4O2S2/c1-15(28)27(20-9-4-3-8-19(20)23)22-25-16(14-31-22)13-30-21-24-10-11-26(21)17-6-5-7-18(12-17)29-2/h3-12,14H,13H2,1-2H3. The van der Waals surface area contributed by atoms with Crippen molar-refractivity contribution in [3.05, 3.63) is 77.8 Å². The molecule has 1 amide bonds. The monoisotopic (exact) mass is 454 g/mol. The smallest absolute Gasteiger partial charge is 0.230 e. The molecule has 0 N–H and O–H groups in total. The van der Waals surface area contributed by atoms with Gasteiger partial charge in [-0.3, -0.25) is 14.3 Å². The number of anilines is 2. The Kier molecular flexibility index (Phi) is 6.34. The lowest BCUT2D eigenvalue weighted by atomic mass is 10.3. The third kappa shape index (κ3) is 4.62. The summed E-state index contributed by atoms with van der Waals surface area (Å²) in [6.45, 7) is 1.40. The molecule has 0 aliphatic heterocycles. The fourth-order valence-corrected chi connectivity index (χ4v) is 4.85. The van der Waals surface area contributed by atoms with E-state index in [1.165, 1.54) is 41.0 Å². The first-order valence-electron chi connectivity index (χ1n) is 9.37. The zero-order valence-electron chi connectivity index (χ0n) is 16.9. The maximum absolute atomic E-state index is 14.2. The molecule has 0 atom stereocenters. The highest BCUT2D eigenvalue weighted by Gasteiger charge is 2.21. The predicted octanol–water partition coefficient (Wildman–Crippen LogP) is 5.45. The molecule has 0 aliphatic carbocycles. The Hall–Kier alpha value is -3.17. The quantitative estimate of drug-likeness (QED) is 0.347. The van der Waals surface area contributed by atoms with E-state index in [4.69, 9.17) is 4.74 Å². The van der Waals surface area contributed by atoms with Gasteiger partial charge < -0.3 is 4.74 Å². The number of aromatic nitrogens is 3. The molecular formula is C22H19FN4O2S2. The second kappa shape index (κ2) is 9.32. The third-order valence-electron chi connectivity index (χ3n) is 4.43. The lowest BCUT2D eigenvalue weighted by Crippen LogP contribution is -2.23. The maximum atomic E-state index is 14.2. The molecule has 0 saturated carbocycles. The maximum Gasteiger partial charge on any atom is 0.230 e. The predicted molar refractivity (Wildman–Crippen MR) is 121 cm³/mol. The molecule has 31 heavy (non-hydrogen) atoms. The summed E-state index contributed by atoms with van der Waals surface area (Å²) in [5, 5.41) is 3.11. The van der Waals surface area contributed by atoms with Crippen molar-refractivity contribution in [2.45, 2.75) is 17.8 Å². The number of halogens is 1. The van der Waals surface area contributed by atoms with Gasteiger partial charge in [0.15, 0.2) is 10.3 Å². The molecule has 0 bridgehead atoms. The number of nitrogens with zero attached hydrogens (tertiary/aromatic N) is 4. The first-order valence-corrected chi connectivity index (χ1v) is 11.2. The van der Waals surface area contributed by atoms with E-state index in [0.717, 1.165) is 22.3 Å². The van der Waals surface area contributed by atoms with Crippen molar-refractivity contribution in [2.24, 2.45) is 0 Å². The molecule has 158 valence electrons. The normalized spacial score (nSPS) is 10.8. The molecule has 2 heterocycles. The average molecular weight is 455 g/mol. The molecule has 0 aliphatic rings. The van der Waals surface area contributed by atoms with Gasteiger partial charge >= 0.3 is 0 Å². The lowest BCUT2D eigenvalue weighted by molar-refractivity contribution is -0.115. The van der Waals surface area contributed by atoms with Crippen molar-refractivity contribution < 1.29 is 13.9 Å². The van der Waals surface area contributed by atoms with Gasteiger partial charge in [-0.05, 0) is 24.3 Å². The summed E-state index contributed by atoms with van der Waals surface area (Å²) >= 11 is 2.83. The summed E-state index contributed by atoms with van der Waals surface area (Å²) in [6.07, 6.45) is 3.63. The van der Waals surface area contributed by atoms with E-state index in [2.05, 4.69) is 9.97 Å². The van der Waals surface area contributed by atoms with Gasteiger partial charge in [0.05, 0.1) is 24.2 Å². The van der Waals surface area contributed by atoms with Gasteiger partial charge in [-0.1, -0.05) is 30.0 Å². The SMILES string of the molecule is COc1cccc(-n2ccnc2SCc2csc(N(C(C)=O)c3ccccc3F)n2)c1. The Morgan fingerprint density at radius 2 is 2.10 bits per heavy atom. The molecule has 0 radical (unpaired) electrons. The van der Waals surface area contributed by atoms with Gasteiger partial charge in [0.2, 0.25) is 5.91 Å². The zero-order valence-corrected chi connectivity index (χ0v) is 18.5. The van der Waals surface area contributed by atoms with Crippen molar-refractivity contribution >= 4 is 39.8 Å². The Morgan fingerprint density at radius 1 is 1.26 bits per heavy atom. The average Bonchev–Trinajstić information content (AvgIpc) is 3.43. The fraction of sp³-hybridized carbons (Fsp3) is 0.136. The largest absolute Gasteiger partial charge is 0.497 e. The minimum Gasteiger partial charge on any atom is -0.497 e. The van der Waals surface area contributed by atoms with Crippen molar-refractivity contribution in [1.29, 1.82) is 0 Å². The summed E-state index contributed by atoms with van der Waals surface area (Å²) in [7, 11) is 1.63. The van der Waals surface area contributed by atoms with Crippen LogP contribution in [0.4, 0.5) is 15.2 Å². The minimum absolute atomic E-state index is 0.192. The Balaban J connectivity index is 1.52. The third-order valence-corrected chi connectivity index (χ3v) is 6.30. The Labute approximate surface area is 187 Å². The molecule has 2 aromatic carbocycles. The summed E-state index contributed by atoms with van der Waals surface area (Å²) in [6, 6.07) is 13.9. The molecule has 6 nitrogen and oxygen atoms in total. The van der Waals surface area contributed by atoms with Crippen molar-refractivity contribution in [2.75, 3.05) is 12.0 Å². The number of imidazole rings is 1. The molecule has 0 saturated heterocycles. The highest BCUT2D eigenvalue weighted by Crippen LogP contribution is 2.32. The van der Waals surface area contributed by atoms with Crippen LogP contribution in [-0.4, -0.2) is 27.6 Å². The first kappa shape index (κ1) is 21.1. The van der Waals surface area contributed by atoms with Crippen LogP contribution < -0.4 is 9.64 Å². The molecule has 0 fully saturated rings. The zero-order chi connectivity index (χ0) is 21.8. The van der Waals surface area contributed by atoms with Crippen molar-refractivity contribution in [3.63, 3.8) is 0 Å². The van der Waals surface area contributed by atoms with E-state index >= 15 is 0 Å². The molecule has 9 heteroatoms. The second-order valence-corrected chi connectivity index (χ2v) is 8.28. The minimum atomic E-state index is -0.468. The number of rotatable bonds is 7. The topological polar surface area (TPSA) is 60.2 Å². The van der Waals surface area contributed by atoms with Gasteiger partial charge in [-0.25, -0.2) is 14.4 Å². The summed E-state index contributed by atoms with van der Waals surface area (Å²) in [5.74, 6) is 0.556. The molecule has 0 spiro atoms. The summed E-state index contributed by atoms with van der Waals surface area (Å²) in [4.78, 5) is 22.5. The number of ether oxygens (including phenoxy) is 1. The number of carbonyl (C=O) groups excluding carboxylic acids is 1. The van der Waals surface area contributed by atoms with Crippen LogP contribution in [0.25, 0.3) is 5.69 Å². The molecule has 2 aromatic heterocycles. The number of hydrogen-bond acceptors (Lipinski definition) is 6. The Bertz CT molecular complexity index is 1210. The molecular weight excluding hydrogens is 435 g/mol. The van der Waals surface area contributed by atoms with E-state index in [1.54, 1.807) is 31.5 Å². The molecule has 4 rings (SSSR count). The van der Waals surface area contributed by atoms with E-state index < -0.39 is 5.82 Å². The molecule has 0 unspecified atom stereocenters. The summed E-state index contributed by atoms with van der Waals surface area (Å²) in [5.41, 5.74) is 1.92. The Morgan fingerprint density at radius 3 is 2.87 bits per heavy atom. The van der Waals surface area contributed by atoms with Crippen LogP contribution in [0.15, 0.2) is 71.5 Å². The lowest BCUT2D eigenvalue weighted by Gasteiger charge is -2.18. The van der Waals surface area contributed by atoms with E-state index in [0.29, 0.717) is 10.9 Å².